The second-order valence-electron chi connectivity index (χ2n) is 9.38. The lowest BCUT2D eigenvalue weighted by Crippen LogP contribution is -2.50. The summed E-state index contributed by atoms with van der Waals surface area (Å²) in [6.07, 6.45) is 5.93. The summed E-state index contributed by atoms with van der Waals surface area (Å²) < 4.78 is 39.9. The van der Waals surface area contributed by atoms with Crippen LogP contribution in [0.25, 0.3) is 0 Å². The summed E-state index contributed by atoms with van der Waals surface area (Å²) in [6, 6.07) is 14.9. The van der Waals surface area contributed by atoms with E-state index in [-0.39, 0.29) is 42.9 Å². The highest BCUT2D eigenvalue weighted by Crippen LogP contribution is 2.22. The maximum absolute atomic E-state index is 14.3. The first-order valence-electron chi connectivity index (χ1n) is 12.5. The van der Waals surface area contributed by atoms with Gasteiger partial charge in [0.15, 0.2) is 0 Å². The molecular weight excluding hydrogens is 481 g/mol. The van der Waals surface area contributed by atoms with Crippen molar-refractivity contribution in [3.05, 3.63) is 66.0 Å². The summed E-state index contributed by atoms with van der Waals surface area (Å²) in [4.78, 5) is 27.8. The Morgan fingerprint density at radius 1 is 1.03 bits per heavy atom. The van der Waals surface area contributed by atoms with E-state index >= 15 is 0 Å². The van der Waals surface area contributed by atoms with E-state index in [9.17, 15) is 22.4 Å². The van der Waals surface area contributed by atoms with Crippen LogP contribution in [0.4, 0.5) is 10.1 Å². The number of halogens is 1. The van der Waals surface area contributed by atoms with Crippen molar-refractivity contribution >= 4 is 27.5 Å². The van der Waals surface area contributed by atoms with Gasteiger partial charge >= 0.3 is 0 Å². The number of benzene rings is 2. The minimum Gasteiger partial charge on any atom is -0.352 e. The van der Waals surface area contributed by atoms with Crippen molar-refractivity contribution in [2.45, 2.75) is 64.0 Å². The summed E-state index contributed by atoms with van der Waals surface area (Å²) in [5.41, 5.74) is 1.01. The maximum atomic E-state index is 14.3. The molecule has 0 saturated heterocycles. The number of carbonyl (C=O) groups is 2. The van der Waals surface area contributed by atoms with Gasteiger partial charge in [0.05, 0.1) is 11.9 Å². The van der Waals surface area contributed by atoms with E-state index in [1.165, 1.54) is 18.2 Å². The zero-order valence-corrected chi connectivity index (χ0v) is 21.8. The number of rotatable bonds is 12. The van der Waals surface area contributed by atoms with Crippen molar-refractivity contribution in [1.82, 2.24) is 10.2 Å². The Morgan fingerprint density at radius 2 is 1.67 bits per heavy atom. The lowest BCUT2D eigenvalue weighted by atomic mass is 10.1. The predicted molar refractivity (Wildman–Crippen MR) is 140 cm³/mol. The Bertz CT molecular complexity index is 1120. The molecule has 0 spiro atoms. The van der Waals surface area contributed by atoms with Gasteiger partial charge in [0, 0.05) is 25.6 Å². The van der Waals surface area contributed by atoms with E-state index in [0.717, 1.165) is 41.8 Å². The summed E-state index contributed by atoms with van der Waals surface area (Å²) in [6.45, 7) is 2.06. The molecule has 2 amide bonds. The van der Waals surface area contributed by atoms with Gasteiger partial charge in [-0.15, -0.1) is 0 Å². The first kappa shape index (κ1) is 27.6. The number of nitrogens with one attached hydrogen (secondary N) is 1. The number of nitrogens with zero attached hydrogens (tertiary/aromatic N) is 2. The molecule has 0 radical (unpaired) electrons. The van der Waals surface area contributed by atoms with Crippen LogP contribution in [0, 0.1) is 5.82 Å². The van der Waals surface area contributed by atoms with Crippen LogP contribution in [0.2, 0.25) is 0 Å². The second kappa shape index (κ2) is 12.9. The number of para-hydroxylation sites is 1. The van der Waals surface area contributed by atoms with Gasteiger partial charge in [0.2, 0.25) is 21.8 Å². The number of sulfonamides is 1. The Morgan fingerprint density at radius 3 is 2.31 bits per heavy atom. The van der Waals surface area contributed by atoms with Crippen molar-refractivity contribution in [3.8, 4) is 0 Å². The van der Waals surface area contributed by atoms with E-state index in [4.69, 9.17) is 0 Å². The third kappa shape index (κ3) is 7.78. The van der Waals surface area contributed by atoms with Crippen molar-refractivity contribution in [1.29, 1.82) is 0 Å². The molecule has 3 rings (SSSR count). The largest absolute Gasteiger partial charge is 0.352 e. The van der Waals surface area contributed by atoms with Gasteiger partial charge in [0.25, 0.3) is 0 Å². The summed E-state index contributed by atoms with van der Waals surface area (Å²) >= 11 is 0. The molecule has 2 aromatic rings. The minimum absolute atomic E-state index is 0.0380. The number of carbonyl (C=O) groups excluding carboxylic acids is 2. The molecule has 2 aromatic carbocycles. The highest BCUT2D eigenvalue weighted by atomic mass is 32.2. The van der Waals surface area contributed by atoms with E-state index in [1.54, 1.807) is 17.9 Å². The third-order valence-corrected chi connectivity index (χ3v) is 7.81. The van der Waals surface area contributed by atoms with Gasteiger partial charge in [-0.2, -0.15) is 0 Å². The first-order chi connectivity index (χ1) is 17.2. The molecule has 0 heterocycles. The average molecular weight is 518 g/mol. The molecule has 0 unspecified atom stereocenters. The number of hydrogen-bond acceptors (Lipinski definition) is 4. The van der Waals surface area contributed by atoms with Gasteiger partial charge in [-0.1, -0.05) is 55.3 Å². The van der Waals surface area contributed by atoms with Crippen molar-refractivity contribution in [2.75, 3.05) is 23.7 Å². The van der Waals surface area contributed by atoms with Crippen LogP contribution in [0.3, 0.4) is 0 Å². The molecule has 1 atom stereocenters. The lowest BCUT2D eigenvalue weighted by molar-refractivity contribution is -0.140. The summed E-state index contributed by atoms with van der Waals surface area (Å²) in [7, 11) is -3.74. The fraction of sp³-hybridized carbons (Fsp3) is 0.481. The van der Waals surface area contributed by atoms with Crippen LogP contribution in [0.1, 0.15) is 51.0 Å². The van der Waals surface area contributed by atoms with E-state index in [0.29, 0.717) is 13.0 Å². The van der Waals surface area contributed by atoms with Crippen LogP contribution >= 0.6 is 0 Å². The molecular formula is C27H36FN3O4S. The van der Waals surface area contributed by atoms with Gasteiger partial charge < -0.3 is 10.2 Å². The standard InChI is InChI=1S/C27H36FN3O4S/c1-21(27(33)29-23-13-6-7-14-23)30(20-18-22-11-4-3-5-12-22)26(32)17-10-19-31(36(2,34)35)25-16-9-8-15-24(25)28/h3-5,8-9,11-12,15-16,21,23H,6-7,10,13-14,17-20H2,1-2H3,(H,29,33)/t21-/m0/s1. The Labute approximate surface area is 213 Å². The molecule has 1 fully saturated rings. The number of hydrogen-bond donors (Lipinski definition) is 1. The monoisotopic (exact) mass is 517 g/mol. The minimum atomic E-state index is -3.74. The first-order valence-corrected chi connectivity index (χ1v) is 14.4. The predicted octanol–water partition coefficient (Wildman–Crippen LogP) is 3.89. The Hall–Kier alpha value is -2.94. The topological polar surface area (TPSA) is 86.8 Å². The smallest absolute Gasteiger partial charge is 0.242 e. The Kier molecular flexibility index (Phi) is 9.87. The molecule has 1 N–H and O–H groups in total. The van der Waals surface area contributed by atoms with Crippen LogP contribution in [-0.2, 0) is 26.0 Å². The van der Waals surface area contributed by atoms with Gasteiger partial charge in [-0.3, -0.25) is 13.9 Å². The molecule has 1 aliphatic rings. The zero-order chi connectivity index (χ0) is 26.1. The molecule has 0 aromatic heterocycles. The van der Waals surface area contributed by atoms with Crippen LogP contribution in [-0.4, -0.2) is 56.6 Å². The van der Waals surface area contributed by atoms with E-state index < -0.39 is 21.9 Å². The number of amides is 2. The van der Waals surface area contributed by atoms with Gasteiger partial charge in [0.1, 0.15) is 11.9 Å². The van der Waals surface area contributed by atoms with Gasteiger partial charge in [-0.05, 0) is 50.3 Å². The summed E-state index contributed by atoms with van der Waals surface area (Å²) in [5, 5.41) is 3.07. The molecule has 196 valence electrons. The van der Waals surface area contributed by atoms with Crippen LogP contribution < -0.4 is 9.62 Å². The normalized spacial score (nSPS) is 14.9. The Balaban J connectivity index is 1.67. The highest BCUT2D eigenvalue weighted by Gasteiger charge is 2.28. The fourth-order valence-corrected chi connectivity index (χ4v) is 5.56. The van der Waals surface area contributed by atoms with Crippen molar-refractivity contribution in [3.63, 3.8) is 0 Å². The zero-order valence-electron chi connectivity index (χ0n) is 21.0. The molecule has 36 heavy (non-hydrogen) atoms. The molecule has 1 saturated carbocycles. The quantitative estimate of drug-likeness (QED) is 0.463. The molecule has 9 heteroatoms. The van der Waals surface area contributed by atoms with E-state index in [1.807, 2.05) is 30.3 Å². The highest BCUT2D eigenvalue weighted by molar-refractivity contribution is 7.92. The second-order valence-corrected chi connectivity index (χ2v) is 11.3. The average Bonchev–Trinajstić information content (AvgIpc) is 3.35. The van der Waals surface area contributed by atoms with E-state index in [2.05, 4.69) is 5.32 Å². The third-order valence-electron chi connectivity index (χ3n) is 6.63. The lowest BCUT2D eigenvalue weighted by Gasteiger charge is -2.30. The number of anilines is 1. The van der Waals surface area contributed by atoms with Crippen LogP contribution in [0.5, 0.6) is 0 Å². The molecule has 0 bridgehead atoms. The fourth-order valence-electron chi connectivity index (χ4n) is 4.60. The van der Waals surface area contributed by atoms with Crippen molar-refractivity contribution < 1.29 is 22.4 Å². The molecule has 1 aliphatic carbocycles. The SMILES string of the molecule is C[C@@H](C(=O)NC1CCCC1)N(CCc1ccccc1)C(=O)CCCN(c1ccccc1F)S(C)(=O)=O. The van der Waals surface area contributed by atoms with Crippen LogP contribution in [0.15, 0.2) is 54.6 Å². The van der Waals surface area contributed by atoms with Gasteiger partial charge in [-0.25, -0.2) is 12.8 Å². The molecule has 7 nitrogen and oxygen atoms in total. The molecule has 0 aliphatic heterocycles. The summed E-state index contributed by atoms with van der Waals surface area (Å²) in [5.74, 6) is -1.05. The maximum Gasteiger partial charge on any atom is 0.242 e. The van der Waals surface area contributed by atoms with Crippen molar-refractivity contribution in [2.24, 2.45) is 0 Å².